The van der Waals surface area contributed by atoms with Gasteiger partial charge in [-0.2, -0.15) is 9.97 Å². The molecule has 1 unspecified atom stereocenters. The number of aromatic nitrogens is 3. The van der Waals surface area contributed by atoms with E-state index in [1.165, 1.54) is 31.0 Å². The van der Waals surface area contributed by atoms with Gasteiger partial charge in [-0.25, -0.2) is 4.98 Å². The van der Waals surface area contributed by atoms with Crippen molar-refractivity contribution in [3.8, 4) is 22.7 Å². The first kappa shape index (κ1) is 15.1. The monoisotopic (exact) mass is 330 g/mol. The molecule has 0 saturated carbocycles. The minimum Gasteiger partial charge on any atom is -0.609 e. The molecule has 3 aromatic rings. The molecule has 9 heteroatoms. The Hall–Kier alpha value is -2.78. The van der Waals surface area contributed by atoms with Gasteiger partial charge in [0.1, 0.15) is 17.6 Å². The second kappa shape index (κ2) is 6.15. The second-order valence-electron chi connectivity index (χ2n) is 4.52. The number of rotatable bonds is 4. The highest BCUT2D eigenvalue weighted by atomic mass is 32.2. The summed E-state index contributed by atoms with van der Waals surface area (Å²) in [5, 5.41) is 11.1. The van der Waals surface area contributed by atoms with E-state index in [0.29, 0.717) is 22.7 Å². The Bertz CT molecular complexity index is 865. The Balaban J connectivity index is 2.08. The molecule has 2 aromatic heterocycles. The topological polar surface area (TPSA) is 118 Å². The predicted molar refractivity (Wildman–Crippen MR) is 82.0 cm³/mol. The number of hydrogen-bond donors (Lipinski definition) is 0. The van der Waals surface area contributed by atoms with Gasteiger partial charge in [0.05, 0.1) is 4.92 Å². The van der Waals surface area contributed by atoms with Crippen LogP contribution in [0.25, 0.3) is 22.7 Å². The number of nitrogens with zero attached hydrogens (tertiary/aromatic N) is 4. The van der Waals surface area contributed by atoms with Crippen LogP contribution < -0.4 is 0 Å². The van der Waals surface area contributed by atoms with Gasteiger partial charge in [-0.3, -0.25) is 10.1 Å². The zero-order valence-electron chi connectivity index (χ0n) is 11.9. The van der Waals surface area contributed by atoms with Crippen LogP contribution in [-0.2, 0) is 11.2 Å². The van der Waals surface area contributed by atoms with Crippen molar-refractivity contribution in [1.82, 2.24) is 15.0 Å². The van der Waals surface area contributed by atoms with Crippen molar-refractivity contribution in [3.63, 3.8) is 0 Å². The molecule has 0 spiro atoms. The molecule has 2 heterocycles. The fourth-order valence-electron chi connectivity index (χ4n) is 2.01. The van der Waals surface area contributed by atoms with Gasteiger partial charge in [0.25, 0.3) is 5.69 Å². The summed E-state index contributed by atoms with van der Waals surface area (Å²) >= 11 is -1.34. The first-order valence-corrected chi connectivity index (χ1v) is 7.97. The van der Waals surface area contributed by atoms with Crippen molar-refractivity contribution >= 4 is 16.9 Å². The fourth-order valence-corrected chi connectivity index (χ4v) is 2.44. The second-order valence-corrected chi connectivity index (χ2v) is 5.79. The van der Waals surface area contributed by atoms with Crippen molar-refractivity contribution in [2.75, 3.05) is 6.26 Å². The third-order valence-electron chi connectivity index (χ3n) is 3.02. The average molecular weight is 330 g/mol. The van der Waals surface area contributed by atoms with Crippen LogP contribution in [0, 0.1) is 10.1 Å². The molecule has 0 aliphatic carbocycles. The number of oxazole rings is 1. The molecule has 0 aliphatic heterocycles. The molecule has 23 heavy (non-hydrogen) atoms. The van der Waals surface area contributed by atoms with E-state index in [9.17, 15) is 14.7 Å². The normalized spacial score (nSPS) is 12.1. The van der Waals surface area contributed by atoms with E-state index < -0.39 is 16.1 Å². The molecular formula is C14H10N4O4S. The zero-order chi connectivity index (χ0) is 16.4. The summed E-state index contributed by atoms with van der Waals surface area (Å²) in [5.41, 5.74) is 1.31. The summed E-state index contributed by atoms with van der Waals surface area (Å²) in [4.78, 5) is 22.6. The van der Waals surface area contributed by atoms with Crippen LogP contribution >= 0.6 is 0 Å². The lowest BCUT2D eigenvalue weighted by Gasteiger charge is -2.04. The van der Waals surface area contributed by atoms with E-state index in [1.54, 1.807) is 18.2 Å². The molecule has 1 aromatic carbocycles. The van der Waals surface area contributed by atoms with Gasteiger partial charge in [-0.1, -0.05) is 12.1 Å². The van der Waals surface area contributed by atoms with Crippen LogP contribution in [0.2, 0.25) is 0 Å². The number of benzene rings is 1. The van der Waals surface area contributed by atoms with Gasteiger partial charge >= 0.3 is 5.16 Å². The quantitative estimate of drug-likeness (QED) is 0.312. The Labute approximate surface area is 133 Å². The third-order valence-corrected chi connectivity index (χ3v) is 3.73. The lowest BCUT2D eigenvalue weighted by molar-refractivity contribution is -0.384. The Morgan fingerprint density at radius 1 is 1.26 bits per heavy atom. The summed E-state index contributed by atoms with van der Waals surface area (Å²) < 4.78 is 16.9. The van der Waals surface area contributed by atoms with Crippen LogP contribution in [0.1, 0.15) is 0 Å². The SMILES string of the molecule is C[S+]([O-])c1nccc(-c2ocnc2-c2cccc([N+](=O)[O-])c2)n1. The molecule has 8 nitrogen and oxygen atoms in total. The van der Waals surface area contributed by atoms with Gasteiger partial charge in [0, 0.05) is 35.1 Å². The summed E-state index contributed by atoms with van der Waals surface area (Å²) in [6, 6.07) is 7.65. The van der Waals surface area contributed by atoms with E-state index in [1.807, 2.05) is 0 Å². The molecule has 0 aliphatic rings. The molecule has 0 amide bonds. The van der Waals surface area contributed by atoms with Crippen LogP contribution in [0.4, 0.5) is 5.69 Å². The summed E-state index contributed by atoms with van der Waals surface area (Å²) in [7, 11) is 0. The smallest absolute Gasteiger partial charge is 0.343 e. The summed E-state index contributed by atoms with van der Waals surface area (Å²) in [6.07, 6.45) is 4.17. The minimum absolute atomic E-state index is 0.0468. The lowest BCUT2D eigenvalue weighted by Crippen LogP contribution is -2.04. The van der Waals surface area contributed by atoms with Crippen LogP contribution in [0.3, 0.4) is 0 Å². The Morgan fingerprint density at radius 2 is 2.09 bits per heavy atom. The first-order valence-electron chi connectivity index (χ1n) is 6.41. The standard InChI is InChI=1S/C14H10N4O4S/c1-23(21)14-15-6-5-11(17-14)13-12(16-8-22-13)9-3-2-4-10(7-9)18(19)20/h2-8H,1H3. The van der Waals surface area contributed by atoms with Crippen LogP contribution in [0.5, 0.6) is 0 Å². The highest BCUT2D eigenvalue weighted by molar-refractivity contribution is 7.90. The van der Waals surface area contributed by atoms with Gasteiger partial charge in [-0.05, 0) is 6.07 Å². The average Bonchev–Trinajstić information content (AvgIpc) is 3.04. The van der Waals surface area contributed by atoms with Gasteiger partial charge in [0.15, 0.2) is 12.2 Å². The Kier molecular flexibility index (Phi) is 4.04. The third kappa shape index (κ3) is 3.05. The molecule has 116 valence electrons. The number of non-ortho nitro benzene ring substituents is 1. The highest BCUT2D eigenvalue weighted by Crippen LogP contribution is 2.31. The number of nitro benzene ring substituents is 1. The number of nitro groups is 1. The highest BCUT2D eigenvalue weighted by Gasteiger charge is 2.19. The summed E-state index contributed by atoms with van der Waals surface area (Å²) in [5.74, 6) is 0.333. The van der Waals surface area contributed by atoms with Gasteiger partial charge in [0.2, 0.25) is 0 Å². The van der Waals surface area contributed by atoms with Crippen molar-refractivity contribution in [3.05, 3.63) is 53.0 Å². The molecular weight excluding hydrogens is 320 g/mol. The molecule has 0 radical (unpaired) electrons. The van der Waals surface area contributed by atoms with Crippen LogP contribution in [0.15, 0.2) is 52.5 Å². The maximum absolute atomic E-state index is 11.5. The van der Waals surface area contributed by atoms with E-state index in [-0.39, 0.29) is 10.8 Å². The van der Waals surface area contributed by atoms with Crippen molar-refractivity contribution in [2.45, 2.75) is 5.16 Å². The summed E-state index contributed by atoms with van der Waals surface area (Å²) in [6.45, 7) is 0. The van der Waals surface area contributed by atoms with E-state index in [0.717, 1.165) is 0 Å². The Morgan fingerprint density at radius 3 is 2.83 bits per heavy atom. The molecule has 0 fully saturated rings. The fraction of sp³-hybridized carbons (Fsp3) is 0.0714. The number of hydrogen-bond acceptors (Lipinski definition) is 7. The first-order chi connectivity index (χ1) is 11.1. The van der Waals surface area contributed by atoms with Crippen LogP contribution in [-0.4, -0.2) is 30.7 Å². The molecule has 1 atom stereocenters. The molecule has 0 N–H and O–H groups in total. The van der Waals surface area contributed by atoms with Crippen molar-refractivity contribution in [1.29, 1.82) is 0 Å². The van der Waals surface area contributed by atoms with Crippen molar-refractivity contribution < 1.29 is 13.9 Å². The molecule has 0 bridgehead atoms. The molecule has 0 saturated heterocycles. The van der Waals surface area contributed by atoms with E-state index >= 15 is 0 Å². The minimum atomic E-state index is -1.34. The largest absolute Gasteiger partial charge is 0.609 e. The lowest BCUT2D eigenvalue weighted by atomic mass is 10.1. The van der Waals surface area contributed by atoms with Crippen molar-refractivity contribution in [2.24, 2.45) is 0 Å². The van der Waals surface area contributed by atoms with Gasteiger partial charge < -0.3 is 8.97 Å². The maximum atomic E-state index is 11.5. The maximum Gasteiger partial charge on any atom is 0.343 e. The van der Waals surface area contributed by atoms with E-state index in [2.05, 4.69) is 15.0 Å². The predicted octanol–water partition coefficient (Wildman–Crippen LogP) is 2.44. The van der Waals surface area contributed by atoms with Gasteiger partial charge in [-0.15, -0.1) is 0 Å². The zero-order valence-corrected chi connectivity index (χ0v) is 12.7. The van der Waals surface area contributed by atoms with E-state index in [4.69, 9.17) is 4.42 Å². The molecule has 3 rings (SSSR count).